The Kier molecular flexibility index (Phi) is 5.78. The van der Waals surface area contributed by atoms with Gasteiger partial charge in [0, 0.05) is 22.9 Å². The molecule has 0 amide bonds. The molecule has 0 spiro atoms. The molecule has 0 bridgehead atoms. The van der Waals surface area contributed by atoms with Gasteiger partial charge < -0.3 is 23.4 Å². The molecule has 5 aromatic rings. The number of furan rings is 1. The van der Waals surface area contributed by atoms with Crippen LogP contribution >= 0.6 is 0 Å². The van der Waals surface area contributed by atoms with Crippen LogP contribution in [0.15, 0.2) is 65.3 Å². The first-order chi connectivity index (χ1) is 17.1. The minimum Gasteiger partial charge on any atom is -0.497 e. The molecule has 0 aliphatic carbocycles. The van der Waals surface area contributed by atoms with E-state index in [0.29, 0.717) is 34.3 Å². The Balaban J connectivity index is 1.86. The predicted molar refractivity (Wildman–Crippen MR) is 133 cm³/mol. The molecule has 178 valence electrons. The Labute approximate surface area is 202 Å². The maximum Gasteiger partial charge on any atom is 0.203 e. The predicted octanol–water partition coefficient (Wildman–Crippen LogP) is 5.67. The van der Waals surface area contributed by atoms with E-state index in [2.05, 4.69) is 0 Å². The Morgan fingerprint density at radius 3 is 2.09 bits per heavy atom. The van der Waals surface area contributed by atoms with Crippen LogP contribution in [-0.4, -0.2) is 43.0 Å². The number of hydrogen-bond acceptors (Lipinski definition) is 7. The second kappa shape index (κ2) is 9.06. The van der Waals surface area contributed by atoms with Gasteiger partial charge in [-0.2, -0.15) is 5.10 Å². The molecule has 0 saturated heterocycles. The fourth-order valence-electron chi connectivity index (χ4n) is 4.25. The molecule has 0 saturated carbocycles. The number of aryl methyl sites for hydroxylation is 1. The van der Waals surface area contributed by atoms with Crippen molar-refractivity contribution in [3.63, 3.8) is 0 Å². The van der Waals surface area contributed by atoms with Crippen LogP contribution in [0.25, 0.3) is 39.5 Å². The van der Waals surface area contributed by atoms with E-state index in [1.165, 1.54) is 0 Å². The van der Waals surface area contributed by atoms with Crippen LogP contribution < -0.4 is 18.9 Å². The summed E-state index contributed by atoms with van der Waals surface area (Å²) in [6.45, 7) is 1.99. The number of methoxy groups -OCH3 is 4. The van der Waals surface area contributed by atoms with Gasteiger partial charge in [-0.15, -0.1) is 0 Å². The Hall–Kier alpha value is -4.46. The van der Waals surface area contributed by atoms with E-state index >= 15 is 0 Å². The normalized spacial score (nSPS) is 11.0. The van der Waals surface area contributed by atoms with Gasteiger partial charge >= 0.3 is 0 Å². The van der Waals surface area contributed by atoms with Crippen LogP contribution in [0, 0.1) is 6.92 Å². The summed E-state index contributed by atoms with van der Waals surface area (Å²) in [4.78, 5) is 4.87. The lowest BCUT2D eigenvalue weighted by Gasteiger charge is -2.18. The molecule has 0 aliphatic heterocycles. The topological polar surface area (TPSA) is 80.3 Å². The van der Waals surface area contributed by atoms with Crippen LogP contribution in [0.5, 0.6) is 23.0 Å². The van der Waals surface area contributed by atoms with Gasteiger partial charge in [0.15, 0.2) is 22.9 Å². The zero-order valence-electron chi connectivity index (χ0n) is 20.2. The molecule has 8 heteroatoms. The maximum atomic E-state index is 5.64. The molecule has 0 aliphatic rings. The van der Waals surface area contributed by atoms with E-state index in [-0.39, 0.29) is 0 Å². The lowest BCUT2D eigenvalue weighted by Crippen LogP contribution is -2.04. The van der Waals surface area contributed by atoms with Crippen LogP contribution in [-0.2, 0) is 0 Å². The third-order valence-corrected chi connectivity index (χ3v) is 5.87. The highest BCUT2D eigenvalue weighted by atomic mass is 16.5. The van der Waals surface area contributed by atoms with Crippen molar-refractivity contribution in [2.24, 2.45) is 0 Å². The zero-order valence-corrected chi connectivity index (χ0v) is 20.2. The summed E-state index contributed by atoms with van der Waals surface area (Å²) in [6, 6.07) is 17.3. The number of hydrogen-bond donors (Lipinski definition) is 0. The van der Waals surface area contributed by atoms with Gasteiger partial charge in [-0.05, 0) is 48.9 Å². The van der Waals surface area contributed by atoms with E-state index in [4.69, 9.17) is 33.4 Å². The second-order valence-electron chi connectivity index (χ2n) is 7.84. The molecule has 2 aromatic carbocycles. The van der Waals surface area contributed by atoms with E-state index in [9.17, 15) is 0 Å². The summed E-state index contributed by atoms with van der Waals surface area (Å²) < 4.78 is 29.6. The molecule has 0 unspecified atom stereocenters. The van der Waals surface area contributed by atoms with Crippen LogP contribution in [0.3, 0.4) is 0 Å². The summed E-state index contributed by atoms with van der Waals surface area (Å²) in [5.74, 6) is 3.04. The molecule has 8 nitrogen and oxygen atoms in total. The van der Waals surface area contributed by atoms with Gasteiger partial charge in [-0.3, -0.25) is 0 Å². The van der Waals surface area contributed by atoms with E-state index < -0.39 is 0 Å². The van der Waals surface area contributed by atoms with Crippen molar-refractivity contribution in [1.82, 2.24) is 14.6 Å². The van der Waals surface area contributed by atoms with Crippen molar-refractivity contribution in [2.75, 3.05) is 28.4 Å². The molecular weight excluding hydrogens is 446 g/mol. The smallest absolute Gasteiger partial charge is 0.203 e. The highest BCUT2D eigenvalue weighted by Crippen LogP contribution is 2.44. The molecule has 3 aromatic heterocycles. The van der Waals surface area contributed by atoms with E-state index in [0.717, 1.165) is 33.8 Å². The number of ether oxygens (including phenoxy) is 4. The minimum absolute atomic E-state index is 0.517. The first kappa shape index (κ1) is 22.3. The third kappa shape index (κ3) is 3.82. The number of benzene rings is 2. The van der Waals surface area contributed by atoms with Crippen molar-refractivity contribution in [1.29, 1.82) is 0 Å². The summed E-state index contributed by atoms with van der Waals surface area (Å²) >= 11 is 0. The van der Waals surface area contributed by atoms with Crippen LogP contribution in [0.1, 0.15) is 5.69 Å². The molecule has 0 N–H and O–H groups in total. The molecule has 3 heterocycles. The lowest BCUT2D eigenvalue weighted by atomic mass is 9.97. The quantitative estimate of drug-likeness (QED) is 0.303. The Morgan fingerprint density at radius 2 is 1.51 bits per heavy atom. The van der Waals surface area contributed by atoms with E-state index in [1.54, 1.807) is 34.7 Å². The lowest BCUT2D eigenvalue weighted by molar-refractivity contribution is 0.324. The van der Waals surface area contributed by atoms with Crippen molar-refractivity contribution in [3.8, 4) is 56.8 Å². The maximum absolute atomic E-state index is 5.64. The van der Waals surface area contributed by atoms with Gasteiger partial charge in [-0.25, -0.2) is 9.50 Å². The summed E-state index contributed by atoms with van der Waals surface area (Å²) in [5, 5.41) is 4.87. The number of nitrogens with zero attached hydrogens (tertiary/aromatic N) is 3. The van der Waals surface area contributed by atoms with Crippen LogP contribution in [0.4, 0.5) is 0 Å². The molecule has 5 rings (SSSR count). The highest BCUT2D eigenvalue weighted by molar-refractivity contribution is 5.86. The largest absolute Gasteiger partial charge is 0.497 e. The van der Waals surface area contributed by atoms with Gasteiger partial charge in [0.1, 0.15) is 11.4 Å². The standard InChI is InChI=1S/C27H25N3O5/c1-16-25(17-8-10-19(31-2)11-9-17)26(18-13-22(32-3)27(34-5)23(14-18)33-4)30-24(28-16)15-20(29-30)21-7-6-12-35-21/h6-15H,1-5H3. The number of fused-ring (bicyclic) bond motifs is 1. The average Bonchev–Trinajstić information content (AvgIpc) is 3.57. The van der Waals surface area contributed by atoms with Gasteiger partial charge in [0.05, 0.1) is 40.4 Å². The van der Waals surface area contributed by atoms with Crippen molar-refractivity contribution in [3.05, 3.63) is 66.6 Å². The van der Waals surface area contributed by atoms with Crippen molar-refractivity contribution in [2.45, 2.75) is 6.92 Å². The molecule has 0 atom stereocenters. The van der Waals surface area contributed by atoms with Gasteiger partial charge in [0.2, 0.25) is 5.75 Å². The molecular formula is C27H25N3O5. The Morgan fingerprint density at radius 1 is 0.800 bits per heavy atom. The SMILES string of the molecule is COc1ccc(-c2c(C)nc3cc(-c4ccco4)nn3c2-c2cc(OC)c(OC)c(OC)c2)cc1. The van der Waals surface area contributed by atoms with Crippen molar-refractivity contribution < 1.29 is 23.4 Å². The zero-order chi connectivity index (χ0) is 24.5. The number of aromatic nitrogens is 3. The summed E-state index contributed by atoms with van der Waals surface area (Å²) in [7, 11) is 6.43. The average molecular weight is 472 g/mol. The number of rotatable bonds is 7. The minimum atomic E-state index is 0.517. The summed E-state index contributed by atoms with van der Waals surface area (Å²) in [5.41, 5.74) is 5.76. The monoisotopic (exact) mass is 471 g/mol. The molecule has 0 radical (unpaired) electrons. The first-order valence-corrected chi connectivity index (χ1v) is 11.0. The fourth-order valence-corrected chi connectivity index (χ4v) is 4.25. The highest BCUT2D eigenvalue weighted by Gasteiger charge is 2.23. The Bertz CT molecular complexity index is 1460. The third-order valence-electron chi connectivity index (χ3n) is 5.87. The van der Waals surface area contributed by atoms with Gasteiger partial charge in [0.25, 0.3) is 0 Å². The van der Waals surface area contributed by atoms with Crippen molar-refractivity contribution >= 4 is 5.65 Å². The molecule has 35 heavy (non-hydrogen) atoms. The second-order valence-corrected chi connectivity index (χ2v) is 7.84. The molecule has 0 fully saturated rings. The van der Waals surface area contributed by atoms with Gasteiger partial charge in [-0.1, -0.05) is 12.1 Å². The first-order valence-electron chi connectivity index (χ1n) is 11.0. The van der Waals surface area contributed by atoms with Crippen LogP contribution in [0.2, 0.25) is 0 Å². The fraction of sp³-hybridized carbons (Fsp3) is 0.185. The summed E-state index contributed by atoms with van der Waals surface area (Å²) in [6.07, 6.45) is 1.63. The van der Waals surface area contributed by atoms with E-state index in [1.807, 2.05) is 66.0 Å².